The Balaban J connectivity index is 1.61. The number of thiophene rings is 1. The SMILES string of the molecule is CCOC(=O)c1c(-c2ccc(CC)cc2)csc1NC(=O)c1ccc(-c2ccccc2)cc1. The minimum Gasteiger partial charge on any atom is -0.462 e. The lowest BCUT2D eigenvalue weighted by Gasteiger charge is -2.10. The van der Waals surface area contributed by atoms with Crippen LogP contribution in [0.25, 0.3) is 22.3 Å². The summed E-state index contributed by atoms with van der Waals surface area (Å²) in [6.07, 6.45) is 0.943. The molecule has 0 saturated heterocycles. The summed E-state index contributed by atoms with van der Waals surface area (Å²) in [5, 5.41) is 5.29. The fourth-order valence-electron chi connectivity index (χ4n) is 3.61. The van der Waals surface area contributed by atoms with Gasteiger partial charge in [0, 0.05) is 16.5 Å². The van der Waals surface area contributed by atoms with E-state index in [1.807, 2.05) is 60.0 Å². The van der Waals surface area contributed by atoms with Crippen molar-refractivity contribution in [3.63, 3.8) is 0 Å². The van der Waals surface area contributed by atoms with Crippen molar-refractivity contribution in [2.75, 3.05) is 11.9 Å². The highest BCUT2D eigenvalue weighted by Crippen LogP contribution is 2.36. The van der Waals surface area contributed by atoms with E-state index in [1.165, 1.54) is 16.9 Å². The van der Waals surface area contributed by atoms with Gasteiger partial charge in [-0.1, -0.05) is 73.7 Å². The molecule has 33 heavy (non-hydrogen) atoms. The number of amides is 1. The Bertz CT molecular complexity index is 1240. The largest absolute Gasteiger partial charge is 0.462 e. The predicted octanol–water partition coefficient (Wildman–Crippen LogP) is 7.07. The monoisotopic (exact) mass is 455 g/mol. The molecule has 0 radical (unpaired) electrons. The number of ether oxygens (including phenoxy) is 1. The van der Waals surface area contributed by atoms with E-state index in [-0.39, 0.29) is 12.5 Å². The first-order valence-corrected chi connectivity index (χ1v) is 11.8. The van der Waals surface area contributed by atoms with Crippen LogP contribution in [-0.2, 0) is 11.2 Å². The van der Waals surface area contributed by atoms with Crippen LogP contribution in [-0.4, -0.2) is 18.5 Å². The van der Waals surface area contributed by atoms with Gasteiger partial charge in [-0.05, 0) is 47.7 Å². The van der Waals surface area contributed by atoms with Crippen LogP contribution in [0.15, 0.2) is 84.2 Å². The molecule has 0 unspecified atom stereocenters. The first kappa shape index (κ1) is 22.5. The van der Waals surface area contributed by atoms with Gasteiger partial charge in [-0.15, -0.1) is 11.3 Å². The van der Waals surface area contributed by atoms with Crippen molar-refractivity contribution >= 4 is 28.2 Å². The Morgan fingerprint density at radius 1 is 0.818 bits per heavy atom. The van der Waals surface area contributed by atoms with Gasteiger partial charge in [-0.2, -0.15) is 0 Å². The van der Waals surface area contributed by atoms with Gasteiger partial charge in [0.25, 0.3) is 5.91 Å². The van der Waals surface area contributed by atoms with Gasteiger partial charge in [0.15, 0.2) is 0 Å². The molecule has 4 aromatic rings. The average molecular weight is 456 g/mol. The molecule has 0 atom stereocenters. The van der Waals surface area contributed by atoms with Crippen LogP contribution in [0.5, 0.6) is 0 Å². The van der Waals surface area contributed by atoms with Gasteiger partial charge in [0.05, 0.1) is 6.61 Å². The lowest BCUT2D eigenvalue weighted by molar-refractivity contribution is 0.0529. The zero-order valence-electron chi connectivity index (χ0n) is 18.6. The number of carbonyl (C=O) groups excluding carboxylic acids is 2. The highest BCUT2D eigenvalue weighted by atomic mass is 32.1. The van der Waals surface area contributed by atoms with Crippen molar-refractivity contribution in [3.8, 4) is 22.3 Å². The molecule has 0 fully saturated rings. The predicted molar refractivity (Wildman–Crippen MR) is 135 cm³/mol. The summed E-state index contributed by atoms with van der Waals surface area (Å²) in [7, 11) is 0. The third-order valence-electron chi connectivity index (χ3n) is 5.43. The van der Waals surface area contributed by atoms with E-state index in [0.717, 1.165) is 28.7 Å². The van der Waals surface area contributed by atoms with Crippen LogP contribution in [0.3, 0.4) is 0 Å². The van der Waals surface area contributed by atoms with Crippen molar-refractivity contribution in [3.05, 3.63) is 101 Å². The highest BCUT2D eigenvalue weighted by Gasteiger charge is 2.23. The van der Waals surface area contributed by atoms with E-state index in [9.17, 15) is 9.59 Å². The molecule has 0 aliphatic carbocycles. The molecule has 1 N–H and O–H groups in total. The Hall–Kier alpha value is -3.70. The van der Waals surface area contributed by atoms with Gasteiger partial charge in [-0.3, -0.25) is 4.79 Å². The van der Waals surface area contributed by atoms with Crippen LogP contribution >= 0.6 is 11.3 Å². The van der Waals surface area contributed by atoms with E-state index in [2.05, 4.69) is 24.4 Å². The number of benzene rings is 3. The number of anilines is 1. The molecule has 166 valence electrons. The molecule has 3 aromatic carbocycles. The quantitative estimate of drug-likeness (QED) is 0.303. The lowest BCUT2D eigenvalue weighted by Crippen LogP contribution is -2.14. The summed E-state index contributed by atoms with van der Waals surface area (Å²) in [4.78, 5) is 25.8. The first-order valence-electron chi connectivity index (χ1n) is 11.0. The van der Waals surface area contributed by atoms with E-state index in [4.69, 9.17) is 4.74 Å². The third-order valence-corrected chi connectivity index (χ3v) is 6.32. The molecule has 0 aliphatic heterocycles. The van der Waals surface area contributed by atoms with Crippen LogP contribution < -0.4 is 5.32 Å². The highest BCUT2D eigenvalue weighted by molar-refractivity contribution is 7.15. The average Bonchev–Trinajstić information content (AvgIpc) is 3.28. The Morgan fingerprint density at radius 2 is 1.45 bits per heavy atom. The number of hydrogen-bond acceptors (Lipinski definition) is 4. The third kappa shape index (κ3) is 5.04. The standard InChI is InChI=1S/C28H25NO3S/c1-3-19-10-12-22(13-11-19)24-18-33-27(25(24)28(31)32-4-2)29-26(30)23-16-14-21(15-17-23)20-8-6-5-7-9-20/h5-18H,3-4H2,1-2H3,(H,29,30). The van der Waals surface area contributed by atoms with Crippen molar-refractivity contribution in [1.82, 2.24) is 0 Å². The molecule has 0 bridgehead atoms. The molecule has 0 saturated carbocycles. The summed E-state index contributed by atoms with van der Waals surface area (Å²) < 4.78 is 5.30. The maximum absolute atomic E-state index is 13.0. The first-order chi connectivity index (χ1) is 16.1. The number of nitrogens with one attached hydrogen (secondary N) is 1. The summed E-state index contributed by atoms with van der Waals surface area (Å²) in [5.74, 6) is -0.710. The van der Waals surface area contributed by atoms with Crippen molar-refractivity contribution in [2.45, 2.75) is 20.3 Å². The summed E-state index contributed by atoms with van der Waals surface area (Å²) >= 11 is 1.33. The molecule has 1 heterocycles. The molecule has 0 spiro atoms. The minimum absolute atomic E-state index is 0.261. The minimum atomic E-state index is -0.442. The molecular weight excluding hydrogens is 430 g/mol. The Labute approximate surface area is 197 Å². The van der Waals surface area contributed by atoms with Crippen LogP contribution in [0.2, 0.25) is 0 Å². The zero-order chi connectivity index (χ0) is 23.2. The van der Waals surface area contributed by atoms with Crippen LogP contribution in [0.1, 0.15) is 40.1 Å². The number of hydrogen-bond donors (Lipinski definition) is 1. The fourth-order valence-corrected chi connectivity index (χ4v) is 4.56. The van der Waals surface area contributed by atoms with E-state index in [1.54, 1.807) is 19.1 Å². The Kier molecular flexibility index (Phi) is 7.01. The molecule has 4 nitrogen and oxygen atoms in total. The molecule has 1 amide bonds. The molecule has 0 aliphatic rings. The van der Waals surface area contributed by atoms with Crippen molar-refractivity contribution < 1.29 is 14.3 Å². The number of esters is 1. The topological polar surface area (TPSA) is 55.4 Å². The molecule has 4 rings (SSSR count). The summed E-state index contributed by atoms with van der Waals surface area (Å²) in [5.41, 5.74) is 5.93. The van der Waals surface area contributed by atoms with Gasteiger partial charge in [-0.25, -0.2) is 4.79 Å². The normalized spacial score (nSPS) is 10.6. The molecular formula is C28H25NO3S. The van der Waals surface area contributed by atoms with Gasteiger partial charge < -0.3 is 10.1 Å². The summed E-state index contributed by atoms with van der Waals surface area (Å²) in [6, 6.07) is 25.5. The second-order valence-electron chi connectivity index (χ2n) is 7.52. The van der Waals surface area contributed by atoms with Crippen LogP contribution in [0.4, 0.5) is 5.00 Å². The number of carbonyl (C=O) groups is 2. The van der Waals surface area contributed by atoms with Gasteiger partial charge >= 0.3 is 5.97 Å². The lowest BCUT2D eigenvalue weighted by atomic mass is 10.0. The zero-order valence-corrected chi connectivity index (χ0v) is 19.4. The maximum atomic E-state index is 13.0. The smallest absolute Gasteiger partial charge is 0.341 e. The van der Waals surface area contributed by atoms with Crippen molar-refractivity contribution in [1.29, 1.82) is 0 Å². The van der Waals surface area contributed by atoms with E-state index in [0.29, 0.717) is 16.1 Å². The van der Waals surface area contributed by atoms with E-state index >= 15 is 0 Å². The van der Waals surface area contributed by atoms with Crippen LogP contribution in [0, 0.1) is 0 Å². The second-order valence-corrected chi connectivity index (χ2v) is 8.40. The van der Waals surface area contributed by atoms with Gasteiger partial charge in [0.2, 0.25) is 0 Å². The maximum Gasteiger partial charge on any atom is 0.341 e. The Morgan fingerprint density at radius 3 is 2.09 bits per heavy atom. The van der Waals surface area contributed by atoms with Gasteiger partial charge in [0.1, 0.15) is 10.6 Å². The number of rotatable bonds is 7. The summed E-state index contributed by atoms with van der Waals surface area (Å²) in [6.45, 7) is 4.13. The fraction of sp³-hybridized carbons (Fsp3) is 0.143. The second kappa shape index (κ2) is 10.3. The number of aryl methyl sites for hydroxylation is 1. The van der Waals surface area contributed by atoms with E-state index < -0.39 is 5.97 Å². The molecule has 5 heteroatoms. The van der Waals surface area contributed by atoms with Crippen molar-refractivity contribution in [2.24, 2.45) is 0 Å². The molecule has 1 aromatic heterocycles.